The van der Waals surface area contributed by atoms with Gasteiger partial charge in [0.2, 0.25) is 0 Å². The molecule has 1 saturated carbocycles. The standard InChI is InChI=1S/C41H36/c1-4-10-37-34(6-3)38-24-23-32(25-39(38)41-26-40(37)41)27-15-17-29(18-16-27)33(5-2)30-19-21-31(22-20-30)36-14-9-12-28-11-7-8-13-35(28)36/h4,6-25,33,40-41H,3,5,26H2,1-2H3/b10-4-. The molecule has 0 heterocycles. The number of rotatable bonds is 7. The van der Waals surface area contributed by atoms with Gasteiger partial charge in [-0.15, -0.1) is 0 Å². The third-order valence-corrected chi connectivity index (χ3v) is 9.26. The molecule has 5 aromatic carbocycles. The molecule has 0 radical (unpaired) electrons. The Balaban J connectivity index is 1.15. The molecule has 2 aliphatic rings. The van der Waals surface area contributed by atoms with E-state index in [-0.39, 0.29) is 0 Å². The molecule has 1 fully saturated rings. The molecule has 41 heavy (non-hydrogen) atoms. The van der Waals surface area contributed by atoms with Gasteiger partial charge in [-0.1, -0.05) is 141 Å². The van der Waals surface area contributed by atoms with Gasteiger partial charge in [0, 0.05) is 5.92 Å². The van der Waals surface area contributed by atoms with E-state index in [0.29, 0.717) is 17.8 Å². The predicted octanol–water partition coefficient (Wildman–Crippen LogP) is 11.3. The highest BCUT2D eigenvalue weighted by Gasteiger charge is 2.45. The molecule has 0 N–H and O–H groups in total. The molecule has 5 aromatic rings. The summed E-state index contributed by atoms with van der Waals surface area (Å²) in [6.07, 6.45) is 8.83. The van der Waals surface area contributed by atoms with Crippen molar-refractivity contribution in [3.63, 3.8) is 0 Å². The highest BCUT2D eigenvalue weighted by Crippen LogP contribution is 2.59. The molecule has 0 saturated heterocycles. The van der Waals surface area contributed by atoms with E-state index in [1.54, 1.807) is 0 Å². The van der Waals surface area contributed by atoms with Gasteiger partial charge in [0.1, 0.15) is 0 Å². The van der Waals surface area contributed by atoms with E-state index in [4.69, 9.17) is 0 Å². The van der Waals surface area contributed by atoms with Crippen molar-refractivity contribution >= 4 is 16.3 Å². The average molecular weight is 529 g/mol. The van der Waals surface area contributed by atoms with Crippen LogP contribution in [-0.4, -0.2) is 0 Å². The summed E-state index contributed by atoms with van der Waals surface area (Å²) < 4.78 is 0. The molecule has 3 atom stereocenters. The normalized spacial score (nSPS) is 18.3. The van der Waals surface area contributed by atoms with Crippen LogP contribution in [0.4, 0.5) is 0 Å². The quantitative estimate of drug-likeness (QED) is 0.197. The van der Waals surface area contributed by atoms with Gasteiger partial charge in [-0.3, -0.25) is 0 Å². The molecule has 3 unspecified atom stereocenters. The van der Waals surface area contributed by atoms with E-state index in [9.17, 15) is 0 Å². The van der Waals surface area contributed by atoms with Crippen LogP contribution < -0.4 is 0 Å². The maximum absolute atomic E-state index is 4.15. The fourth-order valence-electron chi connectivity index (χ4n) is 7.10. The van der Waals surface area contributed by atoms with Crippen molar-refractivity contribution in [3.05, 3.63) is 162 Å². The summed E-state index contributed by atoms with van der Waals surface area (Å²) in [6.45, 7) is 8.55. The van der Waals surface area contributed by atoms with Gasteiger partial charge in [-0.2, -0.15) is 0 Å². The molecule has 0 spiro atoms. The first-order valence-corrected chi connectivity index (χ1v) is 15.0. The highest BCUT2D eigenvalue weighted by atomic mass is 14.5. The summed E-state index contributed by atoms with van der Waals surface area (Å²) in [5.74, 6) is 1.69. The summed E-state index contributed by atoms with van der Waals surface area (Å²) in [7, 11) is 0. The number of hydrogen-bond donors (Lipinski definition) is 0. The monoisotopic (exact) mass is 528 g/mol. The van der Waals surface area contributed by atoms with Gasteiger partial charge in [-0.05, 0) is 98.0 Å². The van der Waals surface area contributed by atoms with Crippen molar-refractivity contribution in [2.45, 2.75) is 38.5 Å². The summed E-state index contributed by atoms with van der Waals surface area (Å²) in [4.78, 5) is 0. The molecule has 0 amide bonds. The van der Waals surface area contributed by atoms with E-state index in [1.165, 1.54) is 72.8 Å². The summed E-state index contributed by atoms with van der Waals surface area (Å²) in [6, 6.07) is 40.8. The van der Waals surface area contributed by atoms with Crippen molar-refractivity contribution in [1.82, 2.24) is 0 Å². The Morgan fingerprint density at radius 1 is 0.732 bits per heavy atom. The molecule has 0 heteroatoms. The zero-order valence-corrected chi connectivity index (χ0v) is 24.0. The average Bonchev–Trinajstić information content (AvgIpc) is 3.84. The van der Waals surface area contributed by atoms with Gasteiger partial charge < -0.3 is 0 Å². The second kappa shape index (κ2) is 10.5. The van der Waals surface area contributed by atoms with E-state index in [0.717, 1.165) is 6.42 Å². The minimum atomic E-state index is 0.381. The largest absolute Gasteiger partial charge is 0.0984 e. The Morgan fingerprint density at radius 3 is 2.12 bits per heavy atom. The molecule has 0 aliphatic heterocycles. The Morgan fingerprint density at radius 2 is 1.41 bits per heavy atom. The Kier molecular flexibility index (Phi) is 6.56. The van der Waals surface area contributed by atoms with Crippen molar-refractivity contribution in [3.8, 4) is 22.3 Å². The van der Waals surface area contributed by atoms with E-state index < -0.39 is 0 Å². The molecular weight excluding hydrogens is 492 g/mol. The molecule has 7 rings (SSSR count). The SMILES string of the molecule is C=CC1=C(/C=C\C)C2CC2c2cc(-c3ccc(C(CC)c4ccc(-c5cccc6ccccc56)cc4)cc3)ccc21. The van der Waals surface area contributed by atoms with Crippen molar-refractivity contribution < 1.29 is 0 Å². The lowest BCUT2D eigenvalue weighted by Crippen LogP contribution is -2.03. The smallest absolute Gasteiger partial charge is 0.00867 e. The van der Waals surface area contributed by atoms with Crippen molar-refractivity contribution in [1.29, 1.82) is 0 Å². The Bertz CT molecular complexity index is 1810. The van der Waals surface area contributed by atoms with Crippen LogP contribution in [-0.2, 0) is 0 Å². The number of benzene rings is 5. The summed E-state index contributed by atoms with van der Waals surface area (Å²) in [5, 5.41) is 2.59. The second-order valence-electron chi connectivity index (χ2n) is 11.6. The van der Waals surface area contributed by atoms with Gasteiger partial charge in [0.25, 0.3) is 0 Å². The van der Waals surface area contributed by atoms with Crippen LogP contribution >= 0.6 is 0 Å². The van der Waals surface area contributed by atoms with Crippen LogP contribution in [0.2, 0.25) is 0 Å². The van der Waals surface area contributed by atoms with Gasteiger partial charge in [-0.25, -0.2) is 0 Å². The van der Waals surface area contributed by atoms with E-state index in [1.807, 2.05) is 0 Å². The molecule has 0 aromatic heterocycles. The van der Waals surface area contributed by atoms with Crippen LogP contribution in [0.1, 0.15) is 60.8 Å². The van der Waals surface area contributed by atoms with E-state index >= 15 is 0 Å². The van der Waals surface area contributed by atoms with Crippen LogP contribution in [0.25, 0.3) is 38.6 Å². The molecule has 0 bridgehead atoms. The van der Waals surface area contributed by atoms with Crippen LogP contribution in [0, 0.1) is 5.92 Å². The van der Waals surface area contributed by atoms with Gasteiger partial charge in [0.15, 0.2) is 0 Å². The second-order valence-corrected chi connectivity index (χ2v) is 11.6. The highest BCUT2D eigenvalue weighted by molar-refractivity contribution is 5.96. The maximum atomic E-state index is 4.15. The minimum Gasteiger partial charge on any atom is -0.0984 e. The zero-order chi connectivity index (χ0) is 27.9. The predicted molar refractivity (Wildman–Crippen MR) is 176 cm³/mol. The zero-order valence-electron chi connectivity index (χ0n) is 24.0. The first kappa shape index (κ1) is 25.5. The lowest BCUT2D eigenvalue weighted by atomic mass is 9.83. The first-order chi connectivity index (χ1) is 20.2. The number of hydrogen-bond acceptors (Lipinski definition) is 0. The lowest BCUT2D eigenvalue weighted by Gasteiger charge is -2.21. The van der Waals surface area contributed by atoms with Crippen molar-refractivity contribution in [2.24, 2.45) is 5.92 Å². The number of allylic oxidation sites excluding steroid dienone is 5. The maximum Gasteiger partial charge on any atom is 0.00867 e. The van der Waals surface area contributed by atoms with Gasteiger partial charge in [0.05, 0.1) is 0 Å². The molecule has 200 valence electrons. The van der Waals surface area contributed by atoms with Gasteiger partial charge >= 0.3 is 0 Å². The fourth-order valence-corrected chi connectivity index (χ4v) is 7.10. The van der Waals surface area contributed by atoms with Crippen LogP contribution in [0.3, 0.4) is 0 Å². The van der Waals surface area contributed by atoms with Crippen LogP contribution in [0.15, 0.2) is 140 Å². The summed E-state index contributed by atoms with van der Waals surface area (Å²) >= 11 is 0. The lowest BCUT2D eigenvalue weighted by molar-refractivity contribution is 0.777. The Hall–Kier alpha value is -4.42. The topological polar surface area (TPSA) is 0 Å². The van der Waals surface area contributed by atoms with Crippen LogP contribution in [0.5, 0.6) is 0 Å². The molecular formula is C41H36. The summed E-state index contributed by atoms with van der Waals surface area (Å²) in [5.41, 5.74) is 13.6. The third kappa shape index (κ3) is 4.49. The first-order valence-electron chi connectivity index (χ1n) is 15.0. The molecule has 2 aliphatic carbocycles. The number of fused-ring (bicyclic) bond motifs is 4. The third-order valence-electron chi connectivity index (χ3n) is 9.26. The molecule has 0 nitrogen and oxygen atoms in total. The Labute approximate surface area is 244 Å². The fraction of sp³-hybridized carbons (Fsp3) is 0.171. The minimum absolute atomic E-state index is 0.381. The van der Waals surface area contributed by atoms with E-state index in [2.05, 4.69) is 148 Å². The van der Waals surface area contributed by atoms with Crippen molar-refractivity contribution in [2.75, 3.05) is 0 Å².